The van der Waals surface area contributed by atoms with Crippen molar-refractivity contribution in [1.29, 1.82) is 0 Å². The maximum Gasteiger partial charge on any atom is 0.131 e. The average Bonchev–Trinajstić information content (AvgIpc) is 2.69. The van der Waals surface area contributed by atoms with E-state index in [9.17, 15) is 8.78 Å². The molecule has 0 bridgehead atoms. The minimum absolute atomic E-state index is 0.140. The standard InChI is InChI=1S/C11H9F2NO/c12-8-2-1-3-9(13)10(8)11(14)7-4-5-15-6-7/h1-6,11H,14H2. The van der Waals surface area contributed by atoms with Crippen molar-refractivity contribution in [3.63, 3.8) is 0 Å². The number of hydrogen-bond donors (Lipinski definition) is 1. The van der Waals surface area contributed by atoms with Crippen molar-refractivity contribution in [3.05, 3.63) is 59.6 Å². The molecule has 1 aromatic carbocycles. The van der Waals surface area contributed by atoms with E-state index in [1.165, 1.54) is 30.7 Å². The summed E-state index contributed by atoms with van der Waals surface area (Å²) in [5, 5.41) is 0. The van der Waals surface area contributed by atoms with Crippen molar-refractivity contribution in [3.8, 4) is 0 Å². The molecule has 0 saturated carbocycles. The maximum absolute atomic E-state index is 13.3. The summed E-state index contributed by atoms with van der Waals surface area (Å²) in [6.45, 7) is 0. The molecule has 2 aromatic rings. The van der Waals surface area contributed by atoms with Crippen molar-refractivity contribution in [2.24, 2.45) is 5.73 Å². The fourth-order valence-corrected chi connectivity index (χ4v) is 1.43. The molecule has 2 rings (SSSR count). The molecule has 0 fully saturated rings. The van der Waals surface area contributed by atoms with Gasteiger partial charge in [0.05, 0.1) is 18.6 Å². The first-order valence-electron chi connectivity index (χ1n) is 4.41. The van der Waals surface area contributed by atoms with Crippen molar-refractivity contribution < 1.29 is 13.2 Å². The zero-order chi connectivity index (χ0) is 10.8. The van der Waals surface area contributed by atoms with E-state index in [2.05, 4.69) is 0 Å². The Bertz CT molecular complexity index is 433. The highest BCUT2D eigenvalue weighted by Crippen LogP contribution is 2.24. The smallest absolute Gasteiger partial charge is 0.131 e. The Labute approximate surface area is 85.3 Å². The van der Waals surface area contributed by atoms with E-state index in [1.807, 2.05) is 0 Å². The molecule has 0 amide bonds. The number of furan rings is 1. The molecule has 4 heteroatoms. The first-order chi connectivity index (χ1) is 7.20. The molecule has 2 nitrogen and oxygen atoms in total. The van der Waals surface area contributed by atoms with E-state index < -0.39 is 17.7 Å². The van der Waals surface area contributed by atoms with Crippen LogP contribution in [0.15, 0.2) is 41.2 Å². The third kappa shape index (κ3) is 1.76. The van der Waals surface area contributed by atoms with E-state index in [-0.39, 0.29) is 5.56 Å². The van der Waals surface area contributed by atoms with Crippen LogP contribution < -0.4 is 5.73 Å². The Morgan fingerprint density at radius 2 is 1.80 bits per heavy atom. The SMILES string of the molecule is NC(c1ccoc1)c1c(F)cccc1F. The first kappa shape index (κ1) is 9.86. The summed E-state index contributed by atoms with van der Waals surface area (Å²) in [6.07, 6.45) is 2.78. The zero-order valence-corrected chi connectivity index (χ0v) is 7.78. The third-order valence-corrected chi connectivity index (χ3v) is 2.21. The van der Waals surface area contributed by atoms with Gasteiger partial charge in [0.1, 0.15) is 11.6 Å². The van der Waals surface area contributed by atoms with Gasteiger partial charge in [0.15, 0.2) is 0 Å². The van der Waals surface area contributed by atoms with Gasteiger partial charge in [-0.15, -0.1) is 0 Å². The average molecular weight is 209 g/mol. The lowest BCUT2D eigenvalue weighted by Crippen LogP contribution is -2.14. The predicted molar refractivity (Wildman–Crippen MR) is 51.1 cm³/mol. The number of halogens is 2. The van der Waals surface area contributed by atoms with Crippen LogP contribution in [0.25, 0.3) is 0 Å². The molecule has 1 heterocycles. The molecule has 15 heavy (non-hydrogen) atoms. The molecule has 1 aromatic heterocycles. The van der Waals surface area contributed by atoms with Crippen molar-refractivity contribution >= 4 is 0 Å². The highest BCUT2D eigenvalue weighted by molar-refractivity contribution is 5.31. The molecule has 1 unspecified atom stereocenters. The van der Waals surface area contributed by atoms with E-state index in [4.69, 9.17) is 10.2 Å². The van der Waals surface area contributed by atoms with Gasteiger partial charge in [-0.1, -0.05) is 6.07 Å². The van der Waals surface area contributed by atoms with Crippen molar-refractivity contribution in [2.45, 2.75) is 6.04 Å². The molecular formula is C11H9F2NO. The Balaban J connectivity index is 2.46. The summed E-state index contributed by atoms with van der Waals surface area (Å²) in [5.41, 5.74) is 6.12. The molecular weight excluding hydrogens is 200 g/mol. The van der Waals surface area contributed by atoms with Gasteiger partial charge >= 0.3 is 0 Å². The van der Waals surface area contributed by atoms with Gasteiger partial charge in [-0.05, 0) is 18.2 Å². The maximum atomic E-state index is 13.3. The van der Waals surface area contributed by atoms with Crippen LogP contribution in [-0.4, -0.2) is 0 Å². The quantitative estimate of drug-likeness (QED) is 0.825. The van der Waals surface area contributed by atoms with Crippen LogP contribution in [0.3, 0.4) is 0 Å². The second-order valence-corrected chi connectivity index (χ2v) is 3.17. The van der Waals surface area contributed by atoms with Gasteiger partial charge in [0.2, 0.25) is 0 Å². The topological polar surface area (TPSA) is 39.2 Å². The summed E-state index contributed by atoms with van der Waals surface area (Å²) >= 11 is 0. The molecule has 78 valence electrons. The lowest BCUT2D eigenvalue weighted by molar-refractivity contribution is 0.536. The highest BCUT2D eigenvalue weighted by atomic mass is 19.1. The summed E-state index contributed by atoms with van der Waals surface area (Å²) in [7, 11) is 0. The second kappa shape index (κ2) is 3.82. The minimum atomic E-state index is -0.843. The highest BCUT2D eigenvalue weighted by Gasteiger charge is 2.18. The van der Waals surface area contributed by atoms with Crippen LogP contribution in [0.1, 0.15) is 17.2 Å². The molecule has 0 spiro atoms. The Kier molecular flexibility index (Phi) is 2.51. The number of rotatable bonds is 2. The fraction of sp³-hybridized carbons (Fsp3) is 0.0909. The van der Waals surface area contributed by atoms with E-state index >= 15 is 0 Å². The molecule has 0 saturated heterocycles. The molecule has 0 radical (unpaired) electrons. The third-order valence-electron chi connectivity index (χ3n) is 2.21. The largest absolute Gasteiger partial charge is 0.472 e. The Morgan fingerprint density at radius 1 is 1.13 bits per heavy atom. The first-order valence-corrected chi connectivity index (χ1v) is 4.41. The molecule has 0 aliphatic carbocycles. The second-order valence-electron chi connectivity index (χ2n) is 3.17. The van der Waals surface area contributed by atoms with Crippen LogP contribution in [0.5, 0.6) is 0 Å². The van der Waals surface area contributed by atoms with E-state index in [0.29, 0.717) is 5.56 Å². The minimum Gasteiger partial charge on any atom is -0.472 e. The number of nitrogens with two attached hydrogens (primary N) is 1. The van der Waals surface area contributed by atoms with Crippen LogP contribution >= 0.6 is 0 Å². The normalized spacial score (nSPS) is 12.7. The van der Waals surface area contributed by atoms with Crippen LogP contribution in [-0.2, 0) is 0 Å². The van der Waals surface area contributed by atoms with E-state index in [1.54, 1.807) is 6.07 Å². The lowest BCUT2D eigenvalue weighted by Gasteiger charge is -2.11. The molecule has 2 N–H and O–H groups in total. The molecule has 0 aliphatic rings. The monoisotopic (exact) mass is 209 g/mol. The molecule has 0 aliphatic heterocycles. The van der Waals surface area contributed by atoms with Crippen molar-refractivity contribution in [2.75, 3.05) is 0 Å². The predicted octanol–water partition coefficient (Wildman–Crippen LogP) is 2.61. The summed E-state index contributed by atoms with van der Waals surface area (Å²) in [5.74, 6) is -1.30. The Morgan fingerprint density at radius 3 is 2.33 bits per heavy atom. The van der Waals surface area contributed by atoms with Crippen molar-refractivity contribution in [1.82, 2.24) is 0 Å². The summed E-state index contributed by atoms with van der Waals surface area (Å²) < 4.78 is 31.5. The molecule has 1 atom stereocenters. The van der Waals surface area contributed by atoms with Gasteiger partial charge in [0.25, 0.3) is 0 Å². The van der Waals surface area contributed by atoms with E-state index in [0.717, 1.165) is 0 Å². The Hall–Kier alpha value is -1.68. The lowest BCUT2D eigenvalue weighted by atomic mass is 10.0. The van der Waals surface area contributed by atoms with Gasteiger partial charge in [-0.2, -0.15) is 0 Å². The van der Waals surface area contributed by atoms with Crippen LogP contribution in [0.2, 0.25) is 0 Å². The van der Waals surface area contributed by atoms with Gasteiger partial charge in [-0.25, -0.2) is 8.78 Å². The van der Waals surface area contributed by atoms with Gasteiger partial charge in [-0.3, -0.25) is 0 Å². The summed E-state index contributed by atoms with van der Waals surface area (Å²) in [6, 6.07) is 4.40. The van der Waals surface area contributed by atoms with Gasteiger partial charge < -0.3 is 10.2 Å². The summed E-state index contributed by atoms with van der Waals surface area (Å²) in [4.78, 5) is 0. The number of benzene rings is 1. The fourth-order valence-electron chi connectivity index (χ4n) is 1.43. The van der Waals surface area contributed by atoms with Crippen LogP contribution in [0, 0.1) is 11.6 Å². The number of hydrogen-bond acceptors (Lipinski definition) is 2. The van der Waals surface area contributed by atoms with Gasteiger partial charge in [0, 0.05) is 11.1 Å². The van der Waals surface area contributed by atoms with Crippen LogP contribution in [0.4, 0.5) is 8.78 Å². The zero-order valence-electron chi connectivity index (χ0n) is 7.78.